The molecule has 0 atom stereocenters. The van der Waals surface area contributed by atoms with Gasteiger partial charge in [0, 0.05) is 18.3 Å². The molecule has 0 aliphatic rings. The predicted octanol–water partition coefficient (Wildman–Crippen LogP) is 3.46. The topological polar surface area (TPSA) is 40.5 Å². The van der Waals surface area contributed by atoms with E-state index >= 15 is 0 Å². The number of carbonyl (C=O) groups is 1. The molecule has 0 aliphatic heterocycles. The highest BCUT2D eigenvalue weighted by Gasteiger charge is 2.10. The Morgan fingerprint density at radius 1 is 1.10 bits per heavy atom. The fraction of sp³-hybridized carbons (Fsp3) is 0.118. The monoisotopic (exact) mass is 267 g/mol. The molecule has 0 unspecified atom stereocenters. The fourth-order valence-electron chi connectivity index (χ4n) is 1.92. The predicted molar refractivity (Wildman–Crippen MR) is 81.6 cm³/mol. The minimum absolute atomic E-state index is 0.0814. The van der Waals surface area contributed by atoms with Gasteiger partial charge in [0.05, 0.1) is 0 Å². The smallest absolute Gasteiger partial charge is 0.250 e. The van der Waals surface area contributed by atoms with E-state index in [1.54, 1.807) is 41.3 Å². The number of hydrogen-bond acceptors (Lipinski definition) is 2. The van der Waals surface area contributed by atoms with Gasteiger partial charge in [-0.3, -0.25) is 4.79 Å². The first kappa shape index (κ1) is 13.9. The van der Waals surface area contributed by atoms with E-state index in [1.165, 1.54) is 0 Å². The molecule has 2 rings (SSSR count). The van der Waals surface area contributed by atoms with Crippen molar-refractivity contribution >= 4 is 17.7 Å². The SMILES string of the molecule is CCN(C(=O)/C=C/c1ccccc1)c1ccc(O)cc1. The van der Waals surface area contributed by atoms with E-state index in [-0.39, 0.29) is 11.7 Å². The fourth-order valence-corrected chi connectivity index (χ4v) is 1.92. The van der Waals surface area contributed by atoms with Gasteiger partial charge in [-0.25, -0.2) is 0 Å². The molecule has 0 saturated carbocycles. The van der Waals surface area contributed by atoms with Gasteiger partial charge in [0.1, 0.15) is 5.75 Å². The number of hydrogen-bond donors (Lipinski definition) is 1. The van der Waals surface area contributed by atoms with Crippen LogP contribution >= 0.6 is 0 Å². The molecule has 0 bridgehead atoms. The molecule has 3 heteroatoms. The van der Waals surface area contributed by atoms with Gasteiger partial charge < -0.3 is 10.0 Å². The Hall–Kier alpha value is -2.55. The summed E-state index contributed by atoms with van der Waals surface area (Å²) >= 11 is 0. The molecule has 2 aromatic rings. The van der Waals surface area contributed by atoms with Crippen molar-refractivity contribution in [2.75, 3.05) is 11.4 Å². The third-order valence-electron chi connectivity index (χ3n) is 2.96. The van der Waals surface area contributed by atoms with Gasteiger partial charge in [0.2, 0.25) is 0 Å². The summed E-state index contributed by atoms with van der Waals surface area (Å²) < 4.78 is 0. The maximum Gasteiger partial charge on any atom is 0.250 e. The van der Waals surface area contributed by atoms with E-state index < -0.39 is 0 Å². The zero-order valence-corrected chi connectivity index (χ0v) is 11.4. The maximum absolute atomic E-state index is 12.2. The number of aromatic hydroxyl groups is 1. The van der Waals surface area contributed by atoms with E-state index in [2.05, 4.69) is 0 Å². The summed E-state index contributed by atoms with van der Waals surface area (Å²) in [4.78, 5) is 13.9. The van der Waals surface area contributed by atoms with Crippen LogP contribution in [0.1, 0.15) is 12.5 Å². The van der Waals surface area contributed by atoms with Crippen LogP contribution in [0.5, 0.6) is 5.75 Å². The summed E-state index contributed by atoms with van der Waals surface area (Å²) in [5, 5.41) is 9.28. The van der Waals surface area contributed by atoms with Crippen molar-refractivity contribution in [3.63, 3.8) is 0 Å². The minimum atomic E-state index is -0.0814. The normalized spacial score (nSPS) is 10.7. The summed E-state index contributed by atoms with van der Waals surface area (Å²) in [6.45, 7) is 2.49. The number of benzene rings is 2. The first-order valence-corrected chi connectivity index (χ1v) is 6.54. The van der Waals surface area contributed by atoms with Crippen LogP contribution in [0, 0.1) is 0 Å². The lowest BCUT2D eigenvalue weighted by molar-refractivity contribution is -0.114. The van der Waals surface area contributed by atoms with Gasteiger partial charge in [-0.05, 0) is 42.8 Å². The lowest BCUT2D eigenvalue weighted by atomic mass is 10.2. The number of likely N-dealkylation sites (N-methyl/N-ethyl adjacent to an activating group) is 1. The third-order valence-corrected chi connectivity index (χ3v) is 2.96. The zero-order chi connectivity index (χ0) is 14.4. The highest BCUT2D eigenvalue weighted by Crippen LogP contribution is 2.18. The Morgan fingerprint density at radius 3 is 2.35 bits per heavy atom. The van der Waals surface area contributed by atoms with Crippen LogP contribution in [-0.4, -0.2) is 17.6 Å². The molecule has 2 aromatic carbocycles. The summed E-state index contributed by atoms with van der Waals surface area (Å²) in [6.07, 6.45) is 3.36. The van der Waals surface area contributed by atoms with Crippen LogP contribution < -0.4 is 4.90 Å². The van der Waals surface area contributed by atoms with Crippen molar-refractivity contribution < 1.29 is 9.90 Å². The van der Waals surface area contributed by atoms with Crippen molar-refractivity contribution in [3.05, 3.63) is 66.2 Å². The van der Waals surface area contributed by atoms with Crippen molar-refractivity contribution in [2.24, 2.45) is 0 Å². The van der Waals surface area contributed by atoms with E-state index in [4.69, 9.17) is 0 Å². The number of anilines is 1. The van der Waals surface area contributed by atoms with Crippen molar-refractivity contribution in [2.45, 2.75) is 6.92 Å². The average molecular weight is 267 g/mol. The second kappa shape index (κ2) is 6.57. The van der Waals surface area contributed by atoms with E-state index in [0.717, 1.165) is 11.3 Å². The molecule has 20 heavy (non-hydrogen) atoms. The van der Waals surface area contributed by atoms with Gasteiger partial charge in [-0.15, -0.1) is 0 Å². The van der Waals surface area contributed by atoms with Crippen LogP contribution in [0.15, 0.2) is 60.7 Å². The molecule has 0 radical (unpaired) electrons. The molecule has 0 spiro atoms. The average Bonchev–Trinajstić information content (AvgIpc) is 2.49. The Labute approximate surface area is 118 Å². The summed E-state index contributed by atoms with van der Waals surface area (Å²) in [7, 11) is 0. The first-order chi connectivity index (χ1) is 9.70. The Balaban J connectivity index is 2.13. The number of rotatable bonds is 4. The van der Waals surface area contributed by atoms with E-state index in [0.29, 0.717) is 6.54 Å². The van der Waals surface area contributed by atoms with Crippen molar-refractivity contribution in [1.82, 2.24) is 0 Å². The Bertz CT molecular complexity index is 588. The van der Waals surface area contributed by atoms with E-state index in [9.17, 15) is 9.90 Å². The molecule has 3 nitrogen and oxygen atoms in total. The standard InChI is InChI=1S/C17H17NO2/c1-2-18(15-9-11-16(19)12-10-15)17(20)13-8-14-6-4-3-5-7-14/h3-13,19H,2H2,1H3/b13-8+. The number of phenolic OH excluding ortho intramolecular Hbond substituents is 1. The van der Waals surface area contributed by atoms with Gasteiger partial charge in [-0.2, -0.15) is 0 Å². The Kier molecular flexibility index (Phi) is 4.56. The molecule has 0 fully saturated rings. The largest absolute Gasteiger partial charge is 0.508 e. The van der Waals surface area contributed by atoms with Crippen molar-refractivity contribution in [3.8, 4) is 5.75 Å². The van der Waals surface area contributed by atoms with Crippen LogP contribution in [0.3, 0.4) is 0 Å². The number of carbonyl (C=O) groups excluding carboxylic acids is 1. The molecular weight excluding hydrogens is 250 g/mol. The van der Waals surface area contributed by atoms with Gasteiger partial charge >= 0.3 is 0 Å². The summed E-state index contributed by atoms with van der Waals surface area (Å²) in [5.74, 6) is 0.110. The van der Waals surface area contributed by atoms with E-state index in [1.807, 2.05) is 37.3 Å². The highest BCUT2D eigenvalue weighted by atomic mass is 16.3. The molecule has 0 aliphatic carbocycles. The molecule has 1 N–H and O–H groups in total. The van der Waals surface area contributed by atoms with Gasteiger partial charge in [-0.1, -0.05) is 30.3 Å². The number of phenols is 1. The molecule has 102 valence electrons. The number of nitrogens with zero attached hydrogens (tertiary/aromatic N) is 1. The number of amides is 1. The first-order valence-electron chi connectivity index (χ1n) is 6.54. The quantitative estimate of drug-likeness (QED) is 0.862. The van der Waals surface area contributed by atoms with Crippen LogP contribution in [0.25, 0.3) is 6.08 Å². The van der Waals surface area contributed by atoms with Gasteiger partial charge in [0.15, 0.2) is 0 Å². The van der Waals surface area contributed by atoms with Crippen LogP contribution in [-0.2, 0) is 4.79 Å². The Morgan fingerprint density at radius 2 is 1.75 bits per heavy atom. The highest BCUT2D eigenvalue weighted by molar-refractivity contribution is 6.03. The minimum Gasteiger partial charge on any atom is -0.508 e. The zero-order valence-electron chi connectivity index (χ0n) is 11.4. The summed E-state index contributed by atoms with van der Waals surface area (Å²) in [5.41, 5.74) is 1.76. The van der Waals surface area contributed by atoms with Gasteiger partial charge in [0.25, 0.3) is 5.91 Å². The lowest BCUT2D eigenvalue weighted by Gasteiger charge is -2.19. The molecule has 0 aromatic heterocycles. The lowest BCUT2D eigenvalue weighted by Crippen LogP contribution is -2.28. The molecular formula is C17H17NO2. The maximum atomic E-state index is 12.2. The van der Waals surface area contributed by atoms with Crippen molar-refractivity contribution in [1.29, 1.82) is 0 Å². The molecule has 0 heterocycles. The van der Waals surface area contributed by atoms with Crippen LogP contribution in [0.4, 0.5) is 5.69 Å². The second-order valence-corrected chi connectivity index (χ2v) is 4.34. The molecule has 0 saturated heterocycles. The van der Waals surface area contributed by atoms with Crippen LogP contribution in [0.2, 0.25) is 0 Å². The molecule has 1 amide bonds. The summed E-state index contributed by atoms with van der Waals surface area (Å²) in [6, 6.07) is 16.3. The second-order valence-electron chi connectivity index (χ2n) is 4.34. The third kappa shape index (κ3) is 3.48.